The molecule has 0 aliphatic rings. The molecule has 0 aliphatic carbocycles. The molecule has 0 amide bonds. The fourth-order valence-electron chi connectivity index (χ4n) is 1.91. The van der Waals surface area contributed by atoms with Gasteiger partial charge in [0.15, 0.2) is 0 Å². The van der Waals surface area contributed by atoms with E-state index in [9.17, 15) is 0 Å². The maximum Gasteiger partial charge on any atom is 0.0271 e. The molecule has 96 valence electrons. The van der Waals surface area contributed by atoms with E-state index in [4.69, 9.17) is 0 Å². The molecule has 0 fully saturated rings. The molecule has 0 unspecified atom stereocenters. The Labute approximate surface area is 105 Å². The molecule has 0 saturated heterocycles. The molecule has 0 atom stereocenters. The number of hydrogen-bond acceptors (Lipinski definition) is 3. The van der Waals surface area contributed by atoms with Crippen molar-refractivity contribution >= 4 is 0 Å². The summed E-state index contributed by atoms with van der Waals surface area (Å²) in [5.41, 5.74) is 1.36. The highest BCUT2D eigenvalue weighted by atomic mass is 15.1. The van der Waals surface area contributed by atoms with Crippen LogP contribution in [0.15, 0.2) is 24.5 Å². The minimum Gasteiger partial charge on any atom is -0.320 e. The average Bonchev–Trinajstić information content (AvgIpc) is 2.38. The van der Waals surface area contributed by atoms with Crippen molar-refractivity contribution < 1.29 is 0 Å². The number of hydrogen-bond donors (Lipinski definition) is 1. The van der Waals surface area contributed by atoms with E-state index in [1.165, 1.54) is 31.4 Å². The van der Waals surface area contributed by atoms with E-state index in [1.807, 2.05) is 19.4 Å². The highest BCUT2D eigenvalue weighted by molar-refractivity contribution is 5.09. The summed E-state index contributed by atoms with van der Waals surface area (Å²) in [5, 5.41) is 3.19. The molecule has 0 aromatic carbocycles. The van der Waals surface area contributed by atoms with Crippen LogP contribution in [0.2, 0.25) is 0 Å². The van der Waals surface area contributed by atoms with Gasteiger partial charge in [0.25, 0.3) is 0 Å². The van der Waals surface area contributed by atoms with Crippen LogP contribution in [0.3, 0.4) is 0 Å². The van der Waals surface area contributed by atoms with Gasteiger partial charge in [-0.2, -0.15) is 0 Å². The number of nitrogens with zero attached hydrogens (tertiary/aromatic N) is 2. The Balaban J connectivity index is 2.20. The Bertz CT molecular complexity index is 274. The Kier molecular flexibility index (Phi) is 7.60. The molecule has 0 saturated carbocycles. The van der Waals surface area contributed by atoms with Gasteiger partial charge in [-0.25, -0.2) is 0 Å². The molecular weight excluding hydrogens is 210 g/mol. The van der Waals surface area contributed by atoms with E-state index < -0.39 is 0 Å². The molecule has 0 radical (unpaired) electrons. The third kappa shape index (κ3) is 6.39. The Morgan fingerprint density at radius 3 is 2.59 bits per heavy atom. The van der Waals surface area contributed by atoms with Gasteiger partial charge in [0.1, 0.15) is 0 Å². The zero-order chi connectivity index (χ0) is 12.3. The molecule has 0 bridgehead atoms. The van der Waals surface area contributed by atoms with E-state index in [-0.39, 0.29) is 0 Å². The second kappa shape index (κ2) is 9.14. The van der Waals surface area contributed by atoms with Crippen LogP contribution in [-0.4, -0.2) is 36.6 Å². The topological polar surface area (TPSA) is 28.2 Å². The van der Waals surface area contributed by atoms with Crippen molar-refractivity contribution in [2.45, 2.75) is 32.7 Å². The van der Waals surface area contributed by atoms with Crippen molar-refractivity contribution in [3.05, 3.63) is 30.1 Å². The first-order chi connectivity index (χ1) is 8.36. The standard InChI is InChI=1S/C14H25N3/c1-3-17(12-6-4-5-9-15-2)13-14-7-10-16-11-8-14/h7-8,10-11,15H,3-6,9,12-13H2,1-2H3. The van der Waals surface area contributed by atoms with E-state index in [0.29, 0.717) is 0 Å². The van der Waals surface area contributed by atoms with E-state index in [2.05, 4.69) is 34.3 Å². The SMILES string of the molecule is CCN(CCCCCNC)Cc1ccncc1. The van der Waals surface area contributed by atoms with Crippen LogP contribution in [-0.2, 0) is 6.54 Å². The maximum absolute atomic E-state index is 4.05. The molecule has 3 heteroatoms. The summed E-state index contributed by atoms with van der Waals surface area (Å²) in [7, 11) is 2.02. The van der Waals surface area contributed by atoms with Crippen LogP contribution in [0.4, 0.5) is 0 Å². The predicted octanol–water partition coefficient (Wildman–Crippen LogP) is 2.29. The number of pyridine rings is 1. The van der Waals surface area contributed by atoms with Gasteiger partial charge in [-0.1, -0.05) is 13.3 Å². The third-order valence-corrected chi connectivity index (χ3v) is 3.00. The molecule has 0 spiro atoms. The normalized spacial score (nSPS) is 11.0. The van der Waals surface area contributed by atoms with E-state index in [0.717, 1.165) is 19.6 Å². The lowest BCUT2D eigenvalue weighted by molar-refractivity contribution is 0.273. The Hall–Kier alpha value is -0.930. The maximum atomic E-state index is 4.05. The Morgan fingerprint density at radius 2 is 1.94 bits per heavy atom. The molecule has 1 N–H and O–H groups in total. The summed E-state index contributed by atoms with van der Waals surface area (Å²) >= 11 is 0. The second-order valence-corrected chi connectivity index (χ2v) is 4.39. The lowest BCUT2D eigenvalue weighted by atomic mass is 10.2. The van der Waals surface area contributed by atoms with Gasteiger partial charge >= 0.3 is 0 Å². The van der Waals surface area contributed by atoms with Crippen molar-refractivity contribution in [3.63, 3.8) is 0 Å². The van der Waals surface area contributed by atoms with Crippen LogP contribution in [0.5, 0.6) is 0 Å². The molecule has 1 heterocycles. The van der Waals surface area contributed by atoms with Gasteiger partial charge in [-0.15, -0.1) is 0 Å². The third-order valence-electron chi connectivity index (χ3n) is 3.00. The zero-order valence-corrected chi connectivity index (χ0v) is 11.2. The van der Waals surface area contributed by atoms with Crippen LogP contribution in [0, 0.1) is 0 Å². The first kappa shape index (κ1) is 14.1. The number of aromatic nitrogens is 1. The number of nitrogens with one attached hydrogen (secondary N) is 1. The fourth-order valence-corrected chi connectivity index (χ4v) is 1.91. The first-order valence-corrected chi connectivity index (χ1v) is 6.62. The largest absolute Gasteiger partial charge is 0.320 e. The van der Waals surface area contributed by atoms with Crippen LogP contribution in [0.1, 0.15) is 31.7 Å². The highest BCUT2D eigenvalue weighted by Gasteiger charge is 2.02. The van der Waals surface area contributed by atoms with Gasteiger partial charge in [-0.3, -0.25) is 9.88 Å². The van der Waals surface area contributed by atoms with Gasteiger partial charge in [0, 0.05) is 18.9 Å². The number of unbranched alkanes of at least 4 members (excludes halogenated alkanes) is 2. The monoisotopic (exact) mass is 235 g/mol. The average molecular weight is 235 g/mol. The second-order valence-electron chi connectivity index (χ2n) is 4.39. The van der Waals surface area contributed by atoms with Gasteiger partial charge in [0.2, 0.25) is 0 Å². The predicted molar refractivity (Wildman–Crippen MR) is 73.0 cm³/mol. The van der Waals surface area contributed by atoms with Crippen molar-refractivity contribution in [2.24, 2.45) is 0 Å². The van der Waals surface area contributed by atoms with Crippen molar-refractivity contribution in [1.29, 1.82) is 0 Å². The molecule has 3 nitrogen and oxygen atoms in total. The molecule has 1 aromatic heterocycles. The number of rotatable bonds is 9. The van der Waals surface area contributed by atoms with Gasteiger partial charge < -0.3 is 5.32 Å². The van der Waals surface area contributed by atoms with Crippen LogP contribution in [0.25, 0.3) is 0 Å². The summed E-state index contributed by atoms with van der Waals surface area (Å²) in [5.74, 6) is 0. The summed E-state index contributed by atoms with van der Waals surface area (Å²) in [6, 6.07) is 4.20. The van der Waals surface area contributed by atoms with E-state index in [1.54, 1.807) is 0 Å². The first-order valence-electron chi connectivity index (χ1n) is 6.62. The molecular formula is C14H25N3. The summed E-state index contributed by atoms with van der Waals surface area (Å²) in [6.07, 6.45) is 7.63. The zero-order valence-electron chi connectivity index (χ0n) is 11.2. The van der Waals surface area contributed by atoms with Gasteiger partial charge in [-0.05, 0) is 57.2 Å². The lowest BCUT2D eigenvalue weighted by Crippen LogP contribution is -2.24. The molecule has 0 aliphatic heterocycles. The van der Waals surface area contributed by atoms with Crippen molar-refractivity contribution in [3.8, 4) is 0 Å². The minimum atomic E-state index is 1.05. The minimum absolute atomic E-state index is 1.05. The Morgan fingerprint density at radius 1 is 1.18 bits per heavy atom. The van der Waals surface area contributed by atoms with Gasteiger partial charge in [0.05, 0.1) is 0 Å². The van der Waals surface area contributed by atoms with Crippen LogP contribution >= 0.6 is 0 Å². The van der Waals surface area contributed by atoms with Crippen LogP contribution < -0.4 is 5.32 Å². The smallest absolute Gasteiger partial charge is 0.0271 e. The summed E-state index contributed by atoms with van der Waals surface area (Å²) in [6.45, 7) is 6.73. The summed E-state index contributed by atoms with van der Waals surface area (Å²) < 4.78 is 0. The molecule has 1 aromatic rings. The summed E-state index contributed by atoms with van der Waals surface area (Å²) in [4.78, 5) is 6.54. The lowest BCUT2D eigenvalue weighted by Gasteiger charge is -2.20. The van der Waals surface area contributed by atoms with E-state index >= 15 is 0 Å². The van der Waals surface area contributed by atoms with Crippen molar-refractivity contribution in [2.75, 3.05) is 26.7 Å². The highest BCUT2D eigenvalue weighted by Crippen LogP contribution is 2.05. The molecule has 1 rings (SSSR count). The quantitative estimate of drug-likeness (QED) is 0.666. The fraction of sp³-hybridized carbons (Fsp3) is 0.643. The molecule has 17 heavy (non-hydrogen) atoms. The van der Waals surface area contributed by atoms with Crippen molar-refractivity contribution in [1.82, 2.24) is 15.2 Å².